The molecule has 0 saturated heterocycles. The van der Waals surface area contributed by atoms with Crippen molar-refractivity contribution in [3.8, 4) is 5.75 Å². The maximum absolute atomic E-state index is 11.2. The summed E-state index contributed by atoms with van der Waals surface area (Å²) in [5, 5.41) is 10.6. The molecule has 1 unspecified atom stereocenters. The minimum atomic E-state index is -0.481. The predicted octanol–water partition coefficient (Wildman–Crippen LogP) is 5.12. The first kappa shape index (κ1) is 22.7. The van der Waals surface area contributed by atoms with Crippen LogP contribution in [-0.2, 0) is 22.6 Å². The van der Waals surface area contributed by atoms with Gasteiger partial charge in [-0.25, -0.2) is 0 Å². The van der Waals surface area contributed by atoms with Crippen molar-refractivity contribution in [3.05, 3.63) is 65.2 Å². The SMILES string of the molecule is COC(=O)CCSCC(O)Cc1cccc(C2CCCC2)c1OCc1ccccc1. The van der Waals surface area contributed by atoms with Crippen LogP contribution in [0.5, 0.6) is 5.75 Å². The van der Waals surface area contributed by atoms with Crippen LogP contribution in [0, 0.1) is 0 Å². The second-order valence-electron chi connectivity index (χ2n) is 7.85. The lowest BCUT2D eigenvalue weighted by Gasteiger charge is -2.21. The number of rotatable bonds is 11. The molecule has 30 heavy (non-hydrogen) atoms. The molecule has 4 nitrogen and oxygen atoms in total. The Balaban J connectivity index is 1.67. The fraction of sp³-hybridized carbons (Fsp3) is 0.480. The summed E-state index contributed by atoms with van der Waals surface area (Å²) in [6.45, 7) is 0.529. The van der Waals surface area contributed by atoms with Gasteiger partial charge in [0.15, 0.2) is 0 Å². The van der Waals surface area contributed by atoms with Crippen molar-refractivity contribution in [1.82, 2.24) is 0 Å². The Kier molecular flexibility index (Phi) is 9.09. The van der Waals surface area contributed by atoms with E-state index in [1.807, 2.05) is 18.2 Å². The molecular weight excluding hydrogens is 396 g/mol. The highest BCUT2D eigenvalue weighted by atomic mass is 32.2. The lowest BCUT2D eigenvalue weighted by molar-refractivity contribution is -0.140. The number of thioether (sulfide) groups is 1. The molecule has 162 valence electrons. The smallest absolute Gasteiger partial charge is 0.306 e. The summed E-state index contributed by atoms with van der Waals surface area (Å²) in [6.07, 6.45) is 5.39. The van der Waals surface area contributed by atoms with E-state index in [0.717, 1.165) is 16.9 Å². The predicted molar refractivity (Wildman–Crippen MR) is 122 cm³/mol. The number of aliphatic hydroxyl groups excluding tert-OH is 1. The van der Waals surface area contributed by atoms with Crippen LogP contribution >= 0.6 is 11.8 Å². The third-order valence-corrected chi connectivity index (χ3v) is 6.71. The molecule has 1 N–H and O–H groups in total. The number of esters is 1. The molecule has 3 rings (SSSR count). The van der Waals surface area contributed by atoms with E-state index in [2.05, 4.69) is 35.1 Å². The van der Waals surface area contributed by atoms with E-state index in [0.29, 0.717) is 36.9 Å². The maximum Gasteiger partial charge on any atom is 0.306 e. The van der Waals surface area contributed by atoms with E-state index in [1.165, 1.54) is 38.4 Å². The molecule has 1 atom stereocenters. The summed E-state index contributed by atoms with van der Waals surface area (Å²) in [4.78, 5) is 11.2. The summed E-state index contributed by atoms with van der Waals surface area (Å²) in [7, 11) is 1.40. The van der Waals surface area contributed by atoms with E-state index in [4.69, 9.17) is 4.74 Å². The van der Waals surface area contributed by atoms with E-state index < -0.39 is 6.10 Å². The van der Waals surface area contributed by atoms with Crippen molar-refractivity contribution >= 4 is 17.7 Å². The lowest BCUT2D eigenvalue weighted by atomic mass is 9.93. The van der Waals surface area contributed by atoms with Crippen LogP contribution < -0.4 is 4.74 Å². The average molecular weight is 429 g/mol. The van der Waals surface area contributed by atoms with Crippen LogP contribution in [0.25, 0.3) is 0 Å². The van der Waals surface area contributed by atoms with E-state index in [1.54, 1.807) is 11.8 Å². The zero-order valence-electron chi connectivity index (χ0n) is 17.7. The largest absolute Gasteiger partial charge is 0.488 e. The minimum absolute atomic E-state index is 0.210. The van der Waals surface area contributed by atoms with Gasteiger partial charge in [-0.1, -0.05) is 61.4 Å². The molecule has 1 aliphatic carbocycles. The van der Waals surface area contributed by atoms with Gasteiger partial charge >= 0.3 is 5.97 Å². The maximum atomic E-state index is 11.2. The fourth-order valence-corrected chi connectivity index (χ4v) is 4.89. The summed E-state index contributed by atoms with van der Waals surface area (Å²) < 4.78 is 11.0. The molecule has 0 amide bonds. The van der Waals surface area contributed by atoms with Gasteiger partial charge in [0.2, 0.25) is 0 Å². The number of benzene rings is 2. The van der Waals surface area contributed by atoms with E-state index in [9.17, 15) is 9.90 Å². The van der Waals surface area contributed by atoms with Crippen molar-refractivity contribution in [2.45, 2.75) is 57.2 Å². The van der Waals surface area contributed by atoms with Crippen LogP contribution in [0.3, 0.4) is 0 Å². The Labute approximate surface area is 184 Å². The minimum Gasteiger partial charge on any atom is -0.488 e. The normalized spacial score (nSPS) is 15.1. The Morgan fingerprint density at radius 1 is 1.13 bits per heavy atom. The number of hydrogen-bond acceptors (Lipinski definition) is 5. The Morgan fingerprint density at radius 2 is 1.90 bits per heavy atom. The zero-order valence-corrected chi connectivity index (χ0v) is 18.5. The number of aliphatic hydroxyl groups is 1. The van der Waals surface area contributed by atoms with Gasteiger partial charge in [0.05, 0.1) is 19.6 Å². The van der Waals surface area contributed by atoms with Crippen LogP contribution in [0.2, 0.25) is 0 Å². The van der Waals surface area contributed by atoms with Crippen LogP contribution in [0.4, 0.5) is 0 Å². The van der Waals surface area contributed by atoms with Gasteiger partial charge in [-0.05, 0) is 35.4 Å². The average Bonchev–Trinajstić information content (AvgIpc) is 3.31. The number of carbonyl (C=O) groups excluding carboxylic acids is 1. The van der Waals surface area contributed by atoms with E-state index in [-0.39, 0.29) is 5.97 Å². The molecule has 0 bridgehead atoms. The second kappa shape index (κ2) is 12.0. The molecule has 5 heteroatoms. The summed E-state index contributed by atoms with van der Waals surface area (Å²) >= 11 is 1.58. The first-order chi connectivity index (χ1) is 14.7. The summed E-state index contributed by atoms with van der Waals surface area (Å²) in [6, 6.07) is 16.6. The monoisotopic (exact) mass is 428 g/mol. The van der Waals surface area contributed by atoms with Crippen molar-refractivity contribution in [2.75, 3.05) is 18.6 Å². The van der Waals surface area contributed by atoms with Crippen molar-refractivity contribution in [1.29, 1.82) is 0 Å². The lowest BCUT2D eigenvalue weighted by Crippen LogP contribution is -2.16. The first-order valence-corrected chi connectivity index (χ1v) is 11.9. The highest BCUT2D eigenvalue weighted by molar-refractivity contribution is 7.99. The molecule has 1 fully saturated rings. The Bertz CT molecular complexity index is 787. The molecule has 2 aromatic carbocycles. The van der Waals surface area contributed by atoms with Crippen molar-refractivity contribution in [2.24, 2.45) is 0 Å². The van der Waals surface area contributed by atoms with Gasteiger partial charge in [-0.2, -0.15) is 11.8 Å². The molecule has 0 spiro atoms. The molecule has 0 aliphatic heterocycles. The second-order valence-corrected chi connectivity index (χ2v) is 9.00. The fourth-order valence-electron chi connectivity index (χ4n) is 4.02. The molecule has 0 heterocycles. The topological polar surface area (TPSA) is 55.8 Å². The van der Waals surface area contributed by atoms with Crippen molar-refractivity contribution in [3.63, 3.8) is 0 Å². The third kappa shape index (κ3) is 6.78. The van der Waals surface area contributed by atoms with Crippen molar-refractivity contribution < 1.29 is 19.4 Å². The quantitative estimate of drug-likeness (QED) is 0.397. The molecule has 1 aliphatic rings. The highest BCUT2D eigenvalue weighted by Gasteiger charge is 2.23. The third-order valence-electron chi connectivity index (χ3n) is 5.59. The molecule has 1 saturated carbocycles. The molecule has 2 aromatic rings. The van der Waals surface area contributed by atoms with Gasteiger partial charge < -0.3 is 14.6 Å². The molecular formula is C25H32O4S. The van der Waals surface area contributed by atoms with Gasteiger partial charge in [-0.15, -0.1) is 0 Å². The highest BCUT2D eigenvalue weighted by Crippen LogP contribution is 2.40. The molecule has 0 radical (unpaired) electrons. The van der Waals surface area contributed by atoms with Gasteiger partial charge in [0, 0.05) is 17.9 Å². The summed E-state index contributed by atoms with van der Waals surface area (Å²) in [5.41, 5.74) is 3.49. The van der Waals surface area contributed by atoms with Crippen LogP contribution in [0.15, 0.2) is 48.5 Å². The number of ether oxygens (including phenoxy) is 2. The Morgan fingerprint density at radius 3 is 2.63 bits per heavy atom. The van der Waals surface area contributed by atoms with Crippen LogP contribution in [-0.4, -0.2) is 35.8 Å². The first-order valence-electron chi connectivity index (χ1n) is 10.8. The number of hydrogen-bond donors (Lipinski definition) is 1. The van der Waals surface area contributed by atoms with Crippen LogP contribution in [0.1, 0.15) is 54.7 Å². The van der Waals surface area contributed by atoms with Gasteiger partial charge in [0.25, 0.3) is 0 Å². The standard InChI is InChI=1S/C25H32O4S/c1-28-24(27)14-15-30-18-22(26)16-21-12-7-13-23(20-10-5-6-11-20)25(21)29-17-19-8-3-2-4-9-19/h2-4,7-9,12-13,20,22,26H,5-6,10-11,14-18H2,1H3. The number of para-hydroxylation sites is 1. The Hall–Kier alpha value is -1.98. The zero-order chi connectivity index (χ0) is 21.2. The number of methoxy groups -OCH3 is 1. The number of carbonyl (C=O) groups is 1. The van der Waals surface area contributed by atoms with Gasteiger partial charge in [0.1, 0.15) is 12.4 Å². The summed E-state index contributed by atoms with van der Waals surface area (Å²) in [5.74, 6) is 2.53. The van der Waals surface area contributed by atoms with E-state index >= 15 is 0 Å². The van der Waals surface area contributed by atoms with Gasteiger partial charge in [-0.3, -0.25) is 4.79 Å². The molecule has 0 aromatic heterocycles.